The maximum Gasteiger partial charge on any atom is 0.305 e. The van der Waals surface area contributed by atoms with E-state index in [0.717, 1.165) is 5.56 Å². The van der Waals surface area contributed by atoms with Crippen molar-refractivity contribution in [2.75, 3.05) is 4.72 Å². The van der Waals surface area contributed by atoms with Gasteiger partial charge in [-0.1, -0.05) is 0 Å². The summed E-state index contributed by atoms with van der Waals surface area (Å²) in [5.74, 6) is -0.973. The Bertz CT molecular complexity index is 754. The van der Waals surface area contributed by atoms with Crippen LogP contribution in [0.3, 0.4) is 0 Å². The molecule has 8 nitrogen and oxygen atoms in total. The summed E-state index contributed by atoms with van der Waals surface area (Å²) in [6, 6.07) is 1.69. The van der Waals surface area contributed by atoms with E-state index in [1.165, 1.54) is 23.3 Å². The summed E-state index contributed by atoms with van der Waals surface area (Å²) in [5.41, 5.74) is 1.13. The molecular weight excluding hydrogens is 296 g/mol. The van der Waals surface area contributed by atoms with Crippen molar-refractivity contribution in [2.45, 2.75) is 24.8 Å². The molecule has 2 heterocycles. The number of anilines is 1. The van der Waals surface area contributed by atoms with Gasteiger partial charge in [0.1, 0.15) is 4.90 Å². The maximum atomic E-state index is 12.2. The number of aromatic nitrogens is 3. The number of hydrogen-bond donors (Lipinski definition) is 2. The van der Waals surface area contributed by atoms with Crippen LogP contribution in [-0.4, -0.2) is 34.3 Å². The van der Waals surface area contributed by atoms with Gasteiger partial charge in [0, 0.05) is 12.4 Å². The smallest absolute Gasteiger partial charge is 0.305 e. The van der Waals surface area contributed by atoms with Crippen molar-refractivity contribution in [2.24, 2.45) is 0 Å². The second kappa shape index (κ2) is 5.92. The fourth-order valence-corrected chi connectivity index (χ4v) is 2.66. The topological polar surface area (TPSA) is 114 Å². The second-order valence-electron chi connectivity index (χ2n) is 4.38. The van der Waals surface area contributed by atoms with Gasteiger partial charge in [-0.3, -0.25) is 19.2 Å². The third-order valence-corrected chi connectivity index (χ3v) is 4.08. The Morgan fingerprint density at radius 1 is 1.43 bits per heavy atom. The molecule has 112 valence electrons. The number of rotatable bonds is 6. The van der Waals surface area contributed by atoms with Crippen LogP contribution in [0.1, 0.15) is 12.0 Å². The van der Waals surface area contributed by atoms with Crippen LogP contribution in [0.15, 0.2) is 35.7 Å². The number of pyridine rings is 1. The number of carboxylic acids is 1. The Labute approximate surface area is 121 Å². The van der Waals surface area contributed by atoms with Gasteiger partial charge in [-0.2, -0.15) is 5.10 Å². The van der Waals surface area contributed by atoms with Crippen molar-refractivity contribution >= 4 is 21.7 Å². The highest BCUT2D eigenvalue weighted by Gasteiger charge is 2.17. The number of hydrogen-bond acceptors (Lipinski definition) is 5. The number of nitrogens with zero attached hydrogens (tertiary/aromatic N) is 3. The molecular formula is C12H14N4O4S. The van der Waals surface area contributed by atoms with Crippen LogP contribution in [0.5, 0.6) is 0 Å². The highest BCUT2D eigenvalue weighted by molar-refractivity contribution is 7.92. The monoisotopic (exact) mass is 310 g/mol. The summed E-state index contributed by atoms with van der Waals surface area (Å²) in [5, 5.41) is 12.4. The Morgan fingerprint density at radius 2 is 2.19 bits per heavy atom. The molecule has 0 atom stereocenters. The summed E-state index contributed by atoms with van der Waals surface area (Å²) < 4.78 is 28.1. The van der Waals surface area contributed by atoms with Crippen molar-refractivity contribution in [1.29, 1.82) is 0 Å². The first-order valence-corrected chi connectivity index (χ1v) is 7.54. The van der Waals surface area contributed by atoms with Gasteiger partial charge >= 0.3 is 5.97 Å². The first kappa shape index (κ1) is 15.0. The van der Waals surface area contributed by atoms with Gasteiger partial charge in [0.2, 0.25) is 0 Å². The fraction of sp³-hybridized carbons (Fsp3) is 0.250. The molecule has 2 rings (SSSR count). The number of aliphatic carboxylic acids is 1. The molecule has 0 saturated carbocycles. The Morgan fingerprint density at radius 3 is 2.86 bits per heavy atom. The van der Waals surface area contributed by atoms with Gasteiger partial charge in [-0.15, -0.1) is 0 Å². The molecule has 2 aromatic heterocycles. The SMILES string of the molecule is Cc1ccncc1NS(=O)(=O)c1cnn(CCC(=O)O)c1. The van der Waals surface area contributed by atoms with E-state index in [4.69, 9.17) is 5.11 Å². The normalized spacial score (nSPS) is 11.3. The molecule has 0 fully saturated rings. The first-order chi connectivity index (χ1) is 9.88. The second-order valence-corrected chi connectivity index (χ2v) is 6.06. The lowest BCUT2D eigenvalue weighted by molar-refractivity contribution is -0.137. The van der Waals surface area contributed by atoms with Crippen LogP contribution in [0.4, 0.5) is 5.69 Å². The fourth-order valence-electron chi connectivity index (χ4n) is 1.59. The van der Waals surface area contributed by atoms with Crippen LogP contribution < -0.4 is 4.72 Å². The van der Waals surface area contributed by atoms with Crippen molar-refractivity contribution < 1.29 is 18.3 Å². The molecule has 21 heavy (non-hydrogen) atoms. The van der Waals surface area contributed by atoms with E-state index in [1.807, 2.05) is 0 Å². The van der Waals surface area contributed by atoms with Crippen LogP contribution in [-0.2, 0) is 21.4 Å². The summed E-state index contributed by atoms with van der Waals surface area (Å²) in [6.07, 6.45) is 5.32. The summed E-state index contributed by atoms with van der Waals surface area (Å²) in [7, 11) is -3.77. The Balaban J connectivity index is 2.17. The summed E-state index contributed by atoms with van der Waals surface area (Å²) in [4.78, 5) is 14.3. The van der Waals surface area contributed by atoms with Crippen molar-refractivity contribution in [3.63, 3.8) is 0 Å². The van der Waals surface area contributed by atoms with Gasteiger partial charge in [-0.25, -0.2) is 8.42 Å². The lowest BCUT2D eigenvalue weighted by Crippen LogP contribution is -2.13. The third-order valence-electron chi connectivity index (χ3n) is 2.76. The highest BCUT2D eigenvalue weighted by atomic mass is 32.2. The Hall–Kier alpha value is -2.42. The lowest BCUT2D eigenvalue weighted by atomic mass is 10.3. The molecule has 2 N–H and O–H groups in total. The molecule has 0 aliphatic carbocycles. The standard InChI is InChI=1S/C12H14N4O4S/c1-9-2-4-13-7-11(9)15-21(19,20)10-6-14-16(8-10)5-3-12(17)18/h2,4,6-8,15H,3,5H2,1H3,(H,17,18). The van der Waals surface area contributed by atoms with Crippen molar-refractivity contribution in [1.82, 2.24) is 14.8 Å². The predicted molar refractivity (Wildman–Crippen MR) is 74.3 cm³/mol. The number of aryl methyl sites for hydroxylation is 2. The molecule has 0 amide bonds. The molecule has 2 aromatic rings. The van der Waals surface area contributed by atoms with E-state index in [0.29, 0.717) is 5.69 Å². The van der Waals surface area contributed by atoms with E-state index in [-0.39, 0.29) is 17.9 Å². The molecule has 0 bridgehead atoms. The van der Waals surface area contributed by atoms with E-state index in [1.54, 1.807) is 19.2 Å². The minimum absolute atomic E-state index is 0.0314. The van der Waals surface area contributed by atoms with Crippen LogP contribution >= 0.6 is 0 Å². The van der Waals surface area contributed by atoms with E-state index in [2.05, 4.69) is 14.8 Å². The maximum absolute atomic E-state index is 12.2. The first-order valence-electron chi connectivity index (χ1n) is 6.06. The lowest BCUT2D eigenvalue weighted by Gasteiger charge is -2.07. The highest BCUT2D eigenvalue weighted by Crippen LogP contribution is 2.17. The van der Waals surface area contributed by atoms with Gasteiger partial charge in [-0.05, 0) is 18.6 Å². The number of carbonyl (C=O) groups is 1. The van der Waals surface area contributed by atoms with Crippen LogP contribution in [0.2, 0.25) is 0 Å². The molecule has 0 aromatic carbocycles. The molecule has 0 unspecified atom stereocenters. The van der Waals surface area contributed by atoms with E-state index >= 15 is 0 Å². The zero-order valence-electron chi connectivity index (χ0n) is 11.2. The third kappa shape index (κ3) is 3.78. The van der Waals surface area contributed by atoms with Crippen LogP contribution in [0.25, 0.3) is 0 Å². The Kier molecular flexibility index (Phi) is 4.22. The van der Waals surface area contributed by atoms with Gasteiger partial charge in [0.25, 0.3) is 10.0 Å². The number of nitrogens with one attached hydrogen (secondary N) is 1. The molecule has 0 spiro atoms. The van der Waals surface area contributed by atoms with Crippen molar-refractivity contribution in [3.05, 3.63) is 36.4 Å². The largest absolute Gasteiger partial charge is 0.481 e. The molecule has 0 saturated heterocycles. The summed E-state index contributed by atoms with van der Waals surface area (Å²) >= 11 is 0. The minimum Gasteiger partial charge on any atom is -0.481 e. The molecule has 0 aliphatic heterocycles. The number of sulfonamides is 1. The number of carboxylic acid groups (broad SMARTS) is 1. The van der Waals surface area contributed by atoms with Gasteiger partial charge in [0.05, 0.1) is 31.0 Å². The predicted octanol–water partition coefficient (Wildman–Crippen LogP) is 0.862. The van der Waals surface area contributed by atoms with Crippen LogP contribution in [0, 0.1) is 6.92 Å². The quantitative estimate of drug-likeness (QED) is 0.818. The average molecular weight is 310 g/mol. The van der Waals surface area contributed by atoms with Gasteiger partial charge < -0.3 is 5.11 Å². The van der Waals surface area contributed by atoms with E-state index in [9.17, 15) is 13.2 Å². The zero-order valence-corrected chi connectivity index (χ0v) is 12.0. The molecule has 9 heteroatoms. The molecule has 0 radical (unpaired) electrons. The van der Waals surface area contributed by atoms with Crippen molar-refractivity contribution in [3.8, 4) is 0 Å². The molecule has 0 aliphatic rings. The minimum atomic E-state index is -3.77. The van der Waals surface area contributed by atoms with E-state index < -0.39 is 16.0 Å². The average Bonchev–Trinajstić information content (AvgIpc) is 2.88. The zero-order chi connectivity index (χ0) is 15.5. The summed E-state index contributed by atoms with van der Waals surface area (Å²) in [6.45, 7) is 1.87. The van der Waals surface area contributed by atoms with Gasteiger partial charge in [0.15, 0.2) is 0 Å².